The predicted octanol–water partition coefficient (Wildman–Crippen LogP) is 6.78. The Morgan fingerprint density at radius 1 is 1.00 bits per heavy atom. The Kier molecular flexibility index (Phi) is 7.74. The molecular weight excluding hydrogens is 540 g/mol. The molecule has 0 amide bonds. The number of hydrogen-bond acceptors (Lipinski definition) is 5. The van der Waals surface area contributed by atoms with Crippen LogP contribution in [0, 0.1) is 0 Å². The summed E-state index contributed by atoms with van der Waals surface area (Å²) in [6.45, 7) is 3.90. The summed E-state index contributed by atoms with van der Waals surface area (Å²) in [5, 5.41) is 10.5. The smallest absolute Gasteiger partial charge is 0.309 e. The lowest BCUT2D eigenvalue weighted by Gasteiger charge is -2.18. The maximum Gasteiger partial charge on any atom is 0.309 e. The Bertz CT molecular complexity index is 1130. The third kappa shape index (κ3) is 5.40. The number of hydrogen-bond donors (Lipinski definition) is 1. The van der Waals surface area contributed by atoms with Crippen LogP contribution in [0.5, 0.6) is 17.2 Å². The molecule has 0 radical (unpaired) electrons. The number of methoxy groups -OCH3 is 1. The van der Waals surface area contributed by atoms with E-state index >= 15 is 0 Å². The number of halogens is 2. The van der Waals surface area contributed by atoms with Crippen LogP contribution in [0.4, 0.5) is 0 Å². The van der Waals surface area contributed by atoms with Gasteiger partial charge in [-0.1, -0.05) is 44.2 Å². The molecule has 0 saturated carbocycles. The van der Waals surface area contributed by atoms with E-state index in [0.29, 0.717) is 31.6 Å². The molecule has 166 valence electrons. The number of benzene rings is 3. The monoisotopic (exact) mass is 560 g/mol. The van der Waals surface area contributed by atoms with Crippen molar-refractivity contribution < 1.29 is 24.2 Å². The fourth-order valence-electron chi connectivity index (χ4n) is 3.21. The van der Waals surface area contributed by atoms with Crippen molar-refractivity contribution in [1.29, 1.82) is 0 Å². The highest BCUT2D eigenvalue weighted by Gasteiger charge is 2.22. The van der Waals surface area contributed by atoms with E-state index < -0.39 is 0 Å². The number of carbonyl (C=O) groups is 2. The van der Waals surface area contributed by atoms with Crippen LogP contribution in [0.2, 0.25) is 0 Å². The van der Waals surface area contributed by atoms with Crippen molar-refractivity contribution in [3.8, 4) is 17.2 Å². The Morgan fingerprint density at radius 3 is 2.19 bits per heavy atom. The average Bonchev–Trinajstić information content (AvgIpc) is 2.76. The van der Waals surface area contributed by atoms with Gasteiger partial charge in [-0.2, -0.15) is 0 Å². The van der Waals surface area contributed by atoms with Crippen molar-refractivity contribution in [3.63, 3.8) is 0 Å². The summed E-state index contributed by atoms with van der Waals surface area (Å²) in [7, 11) is 1.34. The molecule has 0 unspecified atom stereocenters. The highest BCUT2D eigenvalue weighted by Crippen LogP contribution is 2.42. The van der Waals surface area contributed by atoms with Crippen LogP contribution in [0.3, 0.4) is 0 Å². The Morgan fingerprint density at radius 2 is 1.62 bits per heavy atom. The highest BCUT2D eigenvalue weighted by atomic mass is 79.9. The van der Waals surface area contributed by atoms with Crippen molar-refractivity contribution >= 4 is 43.6 Å². The van der Waals surface area contributed by atoms with Crippen molar-refractivity contribution in [2.75, 3.05) is 7.11 Å². The normalized spacial score (nSPS) is 10.8. The molecule has 0 aliphatic carbocycles. The minimum absolute atomic E-state index is 0.0209. The molecule has 5 nitrogen and oxygen atoms in total. The lowest BCUT2D eigenvalue weighted by atomic mass is 9.96. The van der Waals surface area contributed by atoms with Gasteiger partial charge in [0.15, 0.2) is 11.5 Å². The zero-order valence-electron chi connectivity index (χ0n) is 17.8. The highest BCUT2D eigenvalue weighted by molar-refractivity contribution is 9.11. The molecule has 0 spiro atoms. The first-order valence-corrected chi connectivity index (χ1v) is 11.5. The summed E-state index contributed by atoms with van der Waals surface area (Å²) >= 11 is 6.99. The van der Waals surface area contributed by atoms with Gasteiger partial charge in [0.25, 0.3) is 0 Å². The third-order valence-corrected chi connectivity index (χ3v) is 6.06. The van der Waals surface area contributed by atoms with E-state index in [1.807, 2.05) is 19.9 Å². The third-order valence-electron chi connectivity index (χ3n) is 4.88. The molecule has 3 aromatic rings. The van der Waals surface area contributed by atoms with Gasteiger partial charge in [0.05, 0.1) is 28.0 Å². The number of aromatic hydroxyl groups is 1. The number of phenolic OH excluding ortho intramolecular Hbond substituents is 1. The fourth-order valence-corrected chi connectivity index (χ4v) is 4.66. The summed E-state index contributed by atoms with van der Waals surface area (Å²) in [5.41, 5.74) is 2.13. The first-order chi connectivity index (χ1) is 15.2. The lowest BCUT2D eigenvalue weighted by Crippen LogP contribution is -2.06. The van der Waals surface area contributed by atoms with Crippen LogP contribution in [-0.4, -0.2) is 24.0 Å². The fraction of sp³-hybridized carbons (Fsp3) is 0.200. The van der Waals surface area contributed by atoms with Gasteiger partial charge in [-0.05, 0) is 67.6 Å². The maximum absolute atomic E-state index is 13.2. The molecule has 3 rings (SSSR count). The largest absolute Gasteiger partial charge is 0.508 e. The second kappa shape index (κ2) is 10.3. The number of esters is 1. The summed E-state index contributed by atoms with van der Waals surface area (Å²) in [6, 6.07) is 15.5. The van der Waals surface area contributed by atoms with E-state index in [0.717, 1.165) is 5.56 Å². The molecule has 32 heavy (non-hydrogen) atoms. The second-order valence-electron chi connectivity index (χ2n) is 7.50. The Labute approximate surface area is 203 Å². The first-order valence-electron chi connectivity index (χ1n) is 9.90. The number of carbonyl (C=O) groups excluding carboxylic acids is 2. The van der Waals surface area contributed by atoms with Gasteiger partial charge < -0.3 is 14.6 Å². The second-order valence-corrected chi connectivity index (χ2v) is 9.21. The van der Waals surface area contributed by atoms with Crippen molar-refractivity contribution in [3.05, 3.63) is 85.8 Å². The molecule has 1 N–H and O–H groups in total. The Balaban J connectivity index is 2.08. The number of rotatable bonds is 7. The van der Waals surface area contributed by atoms with E-state index in [2.05, 4.69) is 31.9 Å². The topological polar surface area (TPSA) is 72.8 Å². The minimum atomic E-state index is -0.353. The number of phenols is 1. The van der Waals surface area contributed by atoms with Crippen LogP contribution in [-0.2, 0) is 16.0 Å². The molecule has 0 atom stereocenters. The molecule has 0 saturated heterocycles. The molecular formula is C25H22Br2O5. The number of ether oxygens (including phenoxy) is 2. The van der Waals surface area contributed by atoms with Gasteiger partial charge >= 0.3 is 5.97 Å². The predicted molar refractivity (Wildman–Crippen MR) is 130 cm³/mol. The van der Waals surface area contributed by atoms with Gasteiger partial charge in [0.1, 0.15) is 11.5 Å². The van der Waals surface area contributed by atoms with Gasteiger partial charge in [0, 0.05) is 11.1 Å². The quantitative estimate of drug-likeness (QED) is 0.254. The van der Waals surface area contributed by atoms with Gasteiger partial charge in [-0.3, -0.25) is 9.59 Å². The van der Waals surface area contributed by atoms with Gasteiger partial charge in [0.2, 0.25) is 0 Å². The van der Waals surface area contributed by atoms with Gasteiger partial charge in [-0.15, -0.1) is 0 Å². The van der Waals surface area contributed by atoms with Crippen LogP contribution < -0.4 is 4.74 Å². The molecule has 0 aliphatic rings. The van der Waals surface area contributed by atoms with E-state index in [1.54, 1.807) is 42.5 Å². The molecule has 0 heterocycles. The average molecular weight is 562 g/mol. The van der Waals surface area contributed by atoms with Crippen LogP contribution in [0.25, 0.3) is 0 Å². The van der Waals surface area contributed by atoms with E-state index in [4.69, 9.17) is 9.47 Å². The van der Waals surface area contributed by atoms with Crippen molar-refractivity contribution in [2.45, 2.75) is 26.2 Å². The maximum atomic E-state index is 13.2. The standard InChI is InChI=1S/C25H22Br2O5/c1-14(2)17-13-22(18(12-21(17)28)24(30)16-7-5-4-6-8-16)32-25-19(26)9-15(10-20(25)27)11-23(29)31-3/h4-10,12-14,28H,11H2,1-3H3. The Hall–Kier alpha value is -2.64. The minimum Gasteiger partial charge on any atom is -0.508 e. The van der Waals surface area contributed by atoms with E-state index in [1.165, 1.54) is 13.2 Å². The zero-order valence-corrected chi connectivity index (χ0v) is 21.0. The number of ketones is 1. The molecule has 0 fully saturated rings. The molecule has 0 aromatic heterocycles. The van der Waals surface area contributed by atoms with Crippen molar-refractivity contribution in [1.82, 2.24) is 0 Å². The van der Waals surface area contributed by atoms with Gasteiger partial charge in [-0.25, -0.2) is 0 Å². The summed E-state index contributed by atoms with van der Waals surface area (Å²) in [5.74, 6) is 0.211. The van der Waals surface area contributed by atoms with E-state index in [-0.39, 0.29) is 35.4 Å². The SMILES string of the molecule is COC(=O)Cc1cc(Br)c(Oc2cc(C(C)C)c(O)cc2C(=O)c2ccccc2)c(Br)c1. The van der Waals surface area contributed by atoms with Crippen LogP contribution >= 0.6 is 31.9 Å². The molecule has 0 aliphatic heterocycles. The lowest BCUT2D eigenvalue weighted by molar-refractivity contribution is -0.139. The molecule has 0 bridgehead atoms. The van der Waals surface area contributed by atoms with E-state index in [9.17, 15) is 14.7 Å². The summed E-state index contributed by atoms with van der Waals surface area (Å²) < 4.78 is 12.1. The molecule has 3 aromatic carbocycles. The van der Waals surface area contributed by atoms with Crippen molar-refractivity contribution in [2.24, 2.45) is 0 Å². The first kappa shape index (κ1) is 24.0. The molecule has 7 heteroatoms. The van der Waals surface area contributed by atoms with Crippen LogP contribution in [0.15, 0.2) is 63.5 Å². The summed E-state index contributed by atoms with van der Waals surface area (Å²) in [6.07, 6.45) is 0.114. The summed E-state index contributed by atoms with van der Waals surface area (Å²) in [4.78, 5) is 24.8. The van der Waals surface area contributed by atoms with Crippen LogP contribution in [0.1, 0.15) is 46.8 Å². The zero-order chi connectivity index (χ0) is 23.4.